The standard InChI is InChI=1S/C31H32N2O2/c1-30(2,3)24-9-13-27-21(17-24)16-22-18-25(31(4,5)6)10-14-28(22)33(27)26-11-7-20(8-12-26)15-23(19-32)29(34)35/h7-15,17-18H,16H2,1-6H3,(H,34,35)/b23-15+. The van der Waals surface area contributed by atoms with E-state index in [9.17, 15) is 9.90 Å². The Hall–Kier alpha value is -3.84. The molecule has 0 atom stereocenters. The number of nitrogens with zero attached hydrogens (tertiary/aromatic N) is 2. The molecule has 1 N–H and O–H groups in total. The number of rotatable bonds is 3. The van der Waals surface area contributed by atoms with Gasteiger partial charge in [-0.1, -0.05) is 77.9 Å². The SMILES string of the molecule is CC(C)(C)c1ccc2c(c1)Cc1cc(C(C)(C)C)ccc1N2c1ccc(/C=C(\C#N)C(=O)O)cc1. The highest BCUT2D eigenvalue weighted by molar-refractivity contribution is 5.96. The molecule has 0 aromatic heterocycles. The predicted octanol–water partition coefficient (Wildman–Crippen LogP) is 7.65. The van der Waals surface area contributed by atoms with Gasteiger partial charge < -0.3 is 10.0 Å². The van der Waals surface area contributed by atoms with Gasteiger partial charge in [0.25, 0.3) is 0 Å². The number of fused-ring (bicyclic) bond motifs is 2. The minimum atomic E-state index is -1.22. The minimum absolute atomic E-state index is 0.0595. The van der Waals surface area contributed by atoms with E-state index in [1.54, 1.807) is 6.07 Å². The minimum Gasteiger partial charge on any atom is -0.477 e. The molecule has 3 aromatic carbocycles. The molecule has 178 valence electrons. The number of hydrogen-bond donors (Lipinski definition) is 1. The third-order valence-electron chi connectivity index (χ3n) is 6.57. The molecular weight excluding hydrogens is 432 g/mol. The Morgan fingerprint density at radius 3 is 1.74 bits per heavy atom. The lowest BCUT2D eigenvalue weighted by Gasteiger charge is -2.35. The van der Waals surface area contributed by atoms with Crippen LogP contribution in [0.15, 0.2) is 66.2 Å². The highest BCUT2D eigenvalue weighted by atomic mass is 16.4. The molecule has 0 bridgehead atoms. The number of nitriles is 1. The third kappa shape index (κ3) is 4.86. The van der Waals surface area contributed by atoms with Crippen molar-refractivity contribution >= 4 is 29.1 Å². The van der Waals surface area contributed by atoms with E-state index in [4.69, 9.17) is 5.26 Å². The summed E-state index contributed by atoms with van der Waals surface area (Å²) in [6, 6.07) is 22.9. The molecule has 3 aromatic rings. The van der Waals surface area contributed by atoms with Gasteiger partial charge in [0.05, 0.1) is 0 Å². The fourth-order valence-corrected chi connectivity index (χ4v) is 4.46. The molecule has 0 fully saturated rings. The van der Waals surface area contributed by atoms with Gasteiger partial charge in [0, 0.05) is 23.5 Å². The van der Waals surface area contributed by atoms with Crippen molar-refractivity contribution in [3.05, 3.63) is 94.1 Å². The number of carboxylic acids is 1. The van der Waals surface area contributed by atoms with Crippen LogP contribution in [-0.4, -0.2) is 11.1 Å². The lowest BCUT2D eigenvalue weighted by Crippen LogP contribution is -2.21. The molecule has 0 unspecified atom stereocenters. The second-order valence-corrected chi connectivity index (χ2v) is 11.3. The summed E-state index contributed by atoms with van der Waals surface area (Å²) in [4.78, 5) is 13.5. The van der Waals surface area contributed by atoms with Gasteiger partial charge in [0.2, 0.25) is 0 Å². The number of carbonyl (C=O) groups is 1. The smallest absolute Gasteiger partial charge is 0.346 e. The highest BCUT2D eigenvalue weighted by Crippen LogP contribution is 2.46. The predicted molar refractivity (Wildman–Crippen MR) is 143 cm³/mol. The van der Waals surface area contributed by atoms with Crippen LogP contribution in [0.1, 0.15) is 69.4 Å². The van der Waals surface area contributed by atoms with Gasteiger partial charge in [-0.25, -0.2) is 4.79 Å². The molecule has 0 saturated carbocycles. The van der Waals surface area contributed by atoms with E-state index in [2.05, 4.69) is 82.8 Å². The van der Waals surface area contributed by atoms with E-state index in [0.29, 0.717) is 5.56 Å². The van der Waals surface area contributed by atoms with Gasteiger partial charge in [-0.2, -0.15) is 5.26 Å². The molecule has 0 aliphatic carbocycles. The molecule has 1 aliphatic heterocycles. The maximum Gasteiger partial charge on any atom is 0.346 e. The zero-order chi connectivity index (χ0) is 25.5. The summed E-state index contributed by atoms with van der Waals surface area (Å²) in [5.41, 5.74) is 9.01. The molecule has 4 rings (SSSR count). The molecule has 4 heteroatoms. The zero-order valence-electron chi connectivity index (χ0n) is 21.3. The number of benzene rings is 3. The quantitative estimate of drug-likeness (QED) is 0.250. The number of carboxylic acid groups (broad SMARTS) is 1. The van der Waals surface area contributed by atoms with Crippen LogP contribution in [0.25, 0.3) is 6.08 Å². The van der Waals surface area contributed by atoms with Crippen LogP contribution in [0.3, 0.4) is 0 Å². The van der Waals surface area contributed by atoms with Crippen molar-refractivity contribution in [1.29, 1.82) is 5.26 Å². The first-order valence-corrected chi connectivity index (χ1v) is 11.9. The average molecular weight is 465 g/mol. The monoisotopic (exact) mass is 464 g/mol. The summed E-state index contributed by atoms with van der Waals surface area (Å²) < 4.78 is 0. The van der Waals surface area contributed by atoms with Crippen molar-refractivity contribution in [2.45, 2.75) is 58.8 Å². The van der Waals surface area contributed by atoms with Gasteiger partial charge in [0.1, 0.15) is 11.6 Å². The zero-order valence-corrected chi connectivity index (χ0v) is 21.3. The Kier molecular flexibility index (Phi) is 6.07. The summed E-state index contributed by atoms with van der Waals surface area (Å²) in [6.45, 7) is 13.4. The molecule has 4 nitrogen and oxygen atoms in total. The van der Waals surface area contributed by atoms with Crippen LogP contribution in [0.5, 0.6) is 0 Å². The van der Waals surface area contributed by atoms with Crippen LogP contribution >= 0.6 is 0 Å². The first-order valence-electron chi connectivity index (χ1n) is 11.9. The van der Waals surface area contributed by atoms with Gasteiger partial charge in [-0.15, -0.1) is 0 Å². The molecule has 35 heavy (non-hydrogen) atoms. The van der Waals surface area contributed by atoms with Gasteiger partial charge in [-0.3, -0.25) is 0 Å². The highest BCUT2D eigenvalue weighted by Gasteiger charge is 2.27. The van der Waals surface area contributed by atoms with Crippen LogP contribution in [0.4, 0.5) is 17.1 Å². The molecule has 0 spiro atoms. The maximum absolute atomic E-state index is 11.2. The maximum atomic E-state index is 11.2. The fourth-order valence-electron chi connectivity index (χ4n) is 4.46. The normalized spacial score (nSPS) is 13.6. The Morgan fingerprint density at radius 1 is 0.857 bits per heavy atom. The largest absolute Gasteiger partial charge is 0.477 e. The topological polar surface area (TPSA) is 64.3 Å². The lowest BCUT2D eigenvalue weighted by molar-refractivity contribution is -0.132. The van der Waals surface area contributed by atoms with E-state index >= 15 is 0 Å². The Morgan fingerprint density at radius 2 is 1.34 bits per heavy atom. The lowest BCUT2D eigenvalue weighted by atomic mass is 9.82. The van der Waals surface area contributed by atoms with Gasteiger partial charge in [0.15, 0.2) is 0 Å². The second-order valence-electron chi connectivity index (χ2n) is 11.3. The van der Waals surface area contributed by atoms with Crippen molar-refractivity contribution in [3.8, 4) is 6.07 Å². The number of hydrogen-bond acceptors (Lipinski definition) is 3. The fraction of sp³-hybridized carbons (Fsp3) is 0.290. The molecule has 0 saturated heterocycles. The Bertz CT molecular complexity index is 1300. The molecule has 0 amide bonds. The molecular formula is C31H32N2O2. The number of aliphatic carboxylic acids is 1. The van der Waals surface area contributed by atoms with Gasteiger partial charge >= 0.3 is 5.97 Å². The van der Waals surface area contributed by atoms with E-state index in [1.807, 2.05) is 24.3 Å². The molecule has 0 radical (unpaired) electrons. The third-order valence-corrected chi connectivity index (χ3v) is 6.57. The Labute approximate surface area is 208 Å². The van der Waals surface area contributed by atoms with E-state index in [-0.39, 0.29) is 16.4 Å². The summed E-state index contributed by atoms with van der Waals surface area (Å²) >= 11 is 0. The summed E-state index contributed by atoms with van der Waals surface area (Å²) in [5.74, 6) is -1.22. The van der Waals surface area contributed by atoms with Crippen molar-refractivity contribution in [1.82, 2.24) is 0 Å². The van der Waals surface area contributed by atoms with Crippen molar-refractivity contribution in [2.24, 2.45) is 0 Å². The van der Waals surface area contributed by atoms with Crippen LogP contribution in [0.2, 0.25) is 0 Å². The number of anilines is 3. The molecule has 1 aliphatic rings. The van der Waals surface area contributed by atoms with Crippen molar-refractivity contribution < 1.29 is 9.90 Å². The Balaban J connectivity index is 1.85. The van der Waals surface area contributed by atoms with Crippen molar-refractivity contribution in [3.63, 3.8) is 0 Å². The van der Waals surface area contributed by atoms with Crippen LogP contribution < -0.4 is 4.90 Å². The van der Waals surface area contributed by atoms with E-state index in [1.165, 1.54) is 28.3 Å². The van der Waals surface area contributed by atoms with E-state index < -0.39 is 5.97 Å². The molecule has 1 heterocycles. The summed E-state index contributed by atoms with van der Waals surface area (Å²) in [5, 5.41) is 18.3. The first kappa shape index (κ1) is 24.3. The summed E-state index contributed by atoms with van der Waals surface area (Å²) in [7, 11) is 0. The van der Waals surface area contributed by atoms with Crippen LogP contribution in [-0.2, 0) is 22.0 Å². The summed E-state index contributed by atoms with van der Waals surface area (Å²) in [6.07, 6.45) is 2.27. The second kappa shape index (κ2) is 8.74. The average Bonchev–Trinajstić information content (AvgIpc) is 2.79. The van der Waals surface area contributed by atoms with Crippen molar-refractivity contribution in [2.75, 3.05) is 4.90 Å². The van der Waals surface area contributed by atoms with E-state index in [0.717, 1.165) is 23.5 Å². The first-order chi connectivity index (χ1) is 16.4. The van der Waals surface area contributed by atoms with Gasteiger partial charge in [-0.05, 0) is 69.0 Å². The van der Waals surface area contributed by atoms with Crippen LogP contribution in [0, 0.1) is 11.3 Å².